The fraction of sp³-hybridized carbons (Fsp3) is 0.333. The van der Waals surface area contributed by atoms with Crippen LogP contribution in [-0.4, -0.2) is 23.1 Å². The van der Waals surface area contributed by atoms with Gasteiger partial charge in [0, 0.05) is 18.2 Å². The molecule has 1 fully saturated rings. The number of nitrogens with zero attached hydrogens (tertiary/aromatic N) is 2. The smallest absolute Gasteiger partial charge is 0.269 e. The number of rotatable bonds is 7. The highest BCUT2D eigenvalue weighted by Crippen LogP contribution is 2.23. The summed E-state index contributed by atoms with van der Waals surface area (Å²) in [6.07, 6.45) is 3.12. The first-order chi connectivity index (χ1) is 13.9. The molecule has 0 spiro atoms. The molecule has 0 aromatic heterocycles. The zero-order valence-corrected chi connectivity index (χ0v) is 16.5. The van der Waals surface area contributed by atoms with Crippen LogP contribution in [0.1, 0.15) is 43.0 Å². The molecule has 0 radical (unpaired) electrons. The van der Waals surface area contributed by atoms with Crippen molar-refractivity contribution in [2.24, 2.45) is 11.0 Å². The van der Waals surface area contributed by atoms with Crippen molar-refractivity contribution in [3.63, 3.8) is 0 Å². The van der Waals surface area contributed by atoms with E-state index in [4.69, 9.17) is 0 Å². The molecule has 8 nitrogen and oxygen atoms in total. The molecule has 0 aliphatic carbocycles. The monoisotopic (exact) mass is 395 g/mol. The first kappa shape index (κ1) is 20.6. The summed E-state index contributed by atoms with van der Waals surface area (Å²) in [6, 6.07) is 14.1. The van der Waals surface area contributed by atoms with Crippen molar-refractivity contribution in [1.82, 2.24) is 16.3 Å². The molecule has 3 rings (SSSR count). The van der Waals surface area contributed by atoms with E-state index in [2.05, 4.69) is 59.5 Å². The molecule has 1 amide bonds. The number of nitro benzene ring substituents is 1. The Kier molecular flexibility index (Phi) is 6.69. The normalized spacial score (nSPS) is 19.0. The van der Waals surface area contributed by atoms with E-state index < -0.39 is 11.0 Å². The van der Waals surface area contributed by atoms with E-state index in [-0.39, 0.29) is 17.6 Å². The van der Waals surface area contributed by atoms with Crippen LogP contribution in [0.15, 0.2) is 53.6 Å². The maximum absolute atomic E-state index is 12.3. The lowest BCUT2D eigenvalue weighted by Gasteiger charge is -2.11. The molecule has 1 aliphatic heterocycles. The number of benzene rings is 2. The fourth-order valence-corrected chi connectivity index (χ4v) is 3.23. The minimum Gasteiger partial charge on any atom is -0.271 e. The van der Waals surface area contributed by atoms with E-state index in [9.17, 15) is 14.9 Å². The maximum atomic E-state index is 12.3. The van der Waals surface area contributed by atoms with Gasteiger partial charge in [-0.1, -0.05) is 38.1 Å². The highest BCUT2D eigenvalue weighted by molar-refractivity contribution is 5.85. The van der Waals surface area contributed by atoms with Crippen molar-refractivity contribution in [3.8, 4) is 0 Å². The van der Waals surface area contributed by atoms with E-state index in [1.807, 2.05) is 0 Å². The molecule has 2 unspecified atom stereocenters. The van der Waals surface area contributed by atoms with Gasteiger partial charge in [-0.15, -0.1) is 0 Å². The Balaban J connectivity index is 1.50. The molecule has 29 heavy (non-hydrogen) atoms. The van der Waals surface area contributed by atoms with E-state index in [0.29, 0.717) is 17.9 Å². The minimum absolute atomic E-state index is 0.00990. The number of carbonyl (C=O) groups is 1. The summed E-state index contributed by atoms with van der Waals surface area (Å²) < 4.78 is 0. The predicted molar refractivity (Wildman–Crippen MR) is 111 cm³/mol. The van der Waals surface area contributed by atoms with Crippen molar-refractivity contribution in [2.75, 3.05) is 0 Å². The lowest BCUT2D eigenvalue weighted by Crippen LogP contribution is -2.41. The molecule has 1 saturated heterocycles. The number of nitro groups is 1. The van der Waals surface area contributed by atoms with Gasteiger partial charge in [0.25, 0.3) is 11.6 Å². The number of amides is 1. The Morgan fingerprint density at radius 1 is 1.21 bits per heavy atom. The van der Waals surface area contributed by atoms with Gasteiger partial charge in [-0.25, -0.2) is 16.3 Å². The first-order valence-corrected chi connectivity index (χ1v) is 9.59. The van der Waals surface area contributed by atoms with Crippen molar-refractivity contribution in [1.29, 1.82) is 0 Å². The Morgan fingerprint density at radius 3 is 2.52 bits per heavy atom. The van der Waals surface area contributed by atoms with Gasteiger partial charge in [-0.05, 0) is 47.6 Å². The van der Waals surface area contributed by atoms with Gasteiger partial charge < -0.3 is 0 Å². The van der Waals surface area contributed by atoms with E-state index in [1.54, 1.807) is 12.1 Å². The standard InChI is InChI=1S/C21H25N5O3/c1-14(2)11-15-3-7-17(8-4-15)19-12-20(24-23-19)21(27)25-22-13-16-5-9-18(10-6-16)26(28)29/h3-10,13-14,19-20,23-24H,11-12H2,1-2H3,(H,25,27)/b22-13+. The number of hydrazine groups is 1. The Bertz CT molecular complexity index is 878. The van der Waals surface area contributed by atoms with Crippen LogP contribution in [0.4, 0.5) is 5.69 Å². The van der Waals surface area contributed by atoms with Crippen molar-refractivity contribution >= 4 is 17.8 Å². The summed E-state index contributed by atoms with van der Waals surface area (Å²) >= 11 is 0. The lowest BCUT2D eigenvalue weighted by atomic mass is 9.97. The van der Waals surface area contributed by atoms with Crippen LogP contribution in [0.5, 0.6) is 0 Å². The van der Waals surface area contributed by atoms with Crippen LogP contribution in [0.3, 0.4) is 0 Å². The van der Waals surface area contributed by atoms with Crippen LogP contribution in [-0.2, 0) is 11.2 Å². The Morgan fingerprint density at radius 2 is 1.90 bits per heavy atom. The molecule has 152 valence electrons. The number of carbonyl (C=O) groups excluding carboxylic acids is 1. The van der Waals surface area contributed by atoms with Crippen LogP contribution in [0, 0.1) is 16.0 Å². The summed E-state index contributed by atoms with van der Waals surface area (Å²) in [5.74, 6) is 0.376. The van der Waals surface area contributed by atoms with E-state index in [1.165, 1.54) is 23.9 Å². The zero-order chi connectivity index (χ0) is 20.8. The molecule has 0 saturated carbocycles. The molecule has 1 heterocycles. The summed E-state index contributed by atoms with van der Waals surface area (Å²) in [4.78, 5) is 22.5. The van der Waals surface area contributed by atoms with Crippen LogP contribution in [0.2, 0.25) is 0 Å². The summed E-state index contributed by atoms with van der Waals surface area (Å²) in [6.45, 7) is 4.40. The number of nitrogens with one attached hydrogen (secondary N) is 3. The predicted octanol–water partition coefficient (Wildman–Crippen LogP) is 2.85. The van der Waals surface area contributed by atoms with Crippen molar-refractivity contribution in [3.05, 3.63) is 75.3 Å². The highest BCUT2D eigenvalue weighted by atomic mass is 16.6. The molecule has 0 bridgehead atoms. The van der Waals surface area contributed by atoms with Gasteiger partial charge in [0.05, 0.1) is 11.1 Å². The Hall–Kier alpha value is -3.10. The van der Waals surface area contributed by atoms with Crippen molar-refractivity contribution in [2.45, 2.75) is 38.8 Å². The van der Waals surface area contributed by atoms with Gasteiger partial charge in [-0.2, -0.15) is 5.10 Å². The molecular formula is C21H25N5O3. The molecule has 2 aromatic rings. The second kappa shape index (κ2) is 9.40. The third-order valence-electron chi connectivity index (χ3n) is 4.74. The number of non-ortho nitro benzene ring substituents is 1. The molecule has 3 N–H and O–H groups in total. The van der Waals surface area contributed by atoms with Crippen LogP contribution < -0.4 is 16.3 Å². The van der Waals surface area contributed by atoms with Gasteiger partial charge in [0.15, 0.2) is 0 Å². The van der Waals surface area contributed by atoms with Crippen LogP contribution >= 0.6 is 0 Å². The van der Waals surface area contributed by atoms with Gasteiger partial charge in [0.2, 0.25) is 0 Å². The average Bonchev–Trinajstić information content (AvgIpc) is 3.19. The lowest BCUT2D eigenvalue weighted by molar-refractivity contribution is -0.384. The summed E-state index contributed by atoms with van der Waals surface area (Å²) in [7, 11) is 0. The first-order valence-electron chi connectivity index (χ1n) is 9.59. The maximum Gasteiger partial charge on any atom is 0.269 e. The molecule has 1 aliphatic rings. The SMILES string of the molecule is CC(C)Cc1ccc(C2CC(C(=O)N/N=C/c3ccc([N+](=O)[O-])cc3)NN2)cc1. The highest BCUT2D eigenvalue weighted by Gasteiger charge is 2.29. The van der Waals surface area contributed by atoms with Crippen LogP contribution in [0.25, 0.3) is 0 Å². The van der Waals surface area contributed by atoms with Gasteiger partial charge in [0.1, 0.15) is 6.04 Å². The zero-order valence-electron chi connectivity index (χ0n) is 16.5. The average molecular weight is 395 g/mol. The molecule has 2 aromatic carbocycles. The summed E-state index contributed by atoms with van der Waals surface area (Å²) in [5, 5.41) is 14.6. The molecule has 2 atom stereocenters. The van der Waals surface area contributed by atoms with Gasteiger partial charge in [-0.3, -0.25) is 14.9 Å². The fourth-order valence-electron chi connectivity index (χ4n) is 3.23. The second-order valence-electron chi connectivity index (χ2n) is 7.55. The van der Waals surface area contributed by atoms with E-state index in [0.717, 1.165) is 12.0 Å². The largest absolute Gasteiger partial charge is 0.271 e. The third-order valence-corrected chi connectivity index (χ3v) is 4.74. The quantitative estimate of drug-likeness (QED) is 0.379. The third kappa shape index (κ3) is 5.69. The van der Waals surface area contributed by atoms with Gasteiger partial charge >= 0.3 is 0 Å². The summed E-state index contributed by atoms with van der Waals surface area (Å²) in [5.41, 5.74) is 11.8. The number of hydrogen-bond donors (Lipinski definition) is 3. The topological polar surface area (TPSA) is 109 Å². The van der Waals surface area contributed by atoms with Crippen molar-refractivity contribution < 1.29 is 9.72 Å². The molecule has 8 heteroatoms. The molecular weight excluding hydrogens is 370 g/mol. The number of hydrogen-bond acceptors (Lipinski definition) is 6. The minimum atomic E-state index is -0.463. The van der Waals surface area contributed by atoms with E-state index >= 15 is 0 Å². The Labute approximate surface area is 169 Å². The second-order valence-corrected chi connectivity index (χ2v) is 7.55. The number of hydrazone groups is 1.